The summed E-state index contributed by atoms with van der Waals surface area (Å²) in [5.74, 6) is -0.192. The molecule has 1 aromatic carbocycles. The maximum absolute atomic E-state index is 12.7. The maximum atomic E-state index is 12.7. The summed E-state index contributed by atoms with van der Waals surface area (Å²) in [6.07, 6.45) is 1.18. The van der Waals surface area contributed by atoms with Crippen LogP contribution < -0.4 is 5.73 Å². The number of halogens is 2. The molecule has 1 fully saturated rings. The molecule has 0 aromatic heterocycles. The van der Waals surface area contributed by atoms with Gasteiger partial charge in [0.15, 0.2) is 0 Å². The molecular weight excluding hydrogens is 406 g/mol. The Morgan fingerprint density at radius 2 is 1.65 bits per heavy atom. The zero-order valence-corrected chi connectivity index (χ0v) is 16.2. The molecule has 1 aromatic rings. The normalized spacial score (nSPS) is 18.9. The molecular formula is C14H21BrClN3O3S. The van der Waals surface area contributed by atoms with E-state index in [1.54, 1.807) is 11.8 Å². The molecule has 23 heavy (non-hydrogen) atoms. The predicted molar refractivity (Wildman–Crippen MR) is 95.9 cm³/mol. The second-order valence-electron chi connectivity index (χ2n) is 5.66. The molecule has 1 aliphatic rings. The number of benzene rings is 1. The van der Waals surface area contributed by atoms with Crippen LogP contribution in [0.1, 0.15) is 12.5 Å². The van der Waals surface area contributed by atoms with Crippen LogP contribution in [0, 0.1) is 0 Å². The standard InChI is InChI=1S/C14H20BrN3O3S.ClH/c1-14(16,11-3-5-12(15)6-4-11)13(19)17-7-9-18(10-8-17)22(2,20)21;/h3-6H,7-10,16H2,1-2H3;1H. The van der Waals surface area contributed by atoms with E-state index in [1.165, 1.54) is 10.6 Å². The summed E-state index contributed by atoms with van der Waals surface area (Å²) < 4.78 is 25.3. The highest BCUT2D eigenvalue weighted by molar-refractivity contribution is 9.10. The Hall–Kier alpha value is -0.670. The molecule has 1 saturated heterocycles. The first kappa shape index (κ1) is 20.4. The molecule has 6 nitrogen and oxygen atoms in total. The van der Waals surface area contributed by atoms with Crippen LogP contribution in [0.15, 0.2) is 28.7 Å². The minimum Gasteiger partial charge on any atom is -0.338 e. The van der Waals surface area contributed by atoms with Crippen molar-refractivity contribution in [1.29, 1.82) is 0 Å². The van der Waals surface area contributed by atoms with Crippen molar-refractivity contribution in [2.45, 2.75) is 12.5 Å². The van der Waals surface area contributed by atoms with Crippen LogP contribution in [-0.2, 0) is 20.4 Å². The van der Waals surface area contributed by atoms with Crippen molar-refractivity contribution in [2.75, 3.05) is 32.4 Å². The fraction of sp³-hybridized carbons (Fsp3) is 0.500. The molecule has 0 spiro atoms. The van der Waals surface area contributed by atoms with E-state index in [-0.39, 0.29) is 18.3 Å². The van der Waals surface area contributed by atoms with Gasteiger partial charge in [-0.25, -0.2) is 8.42 Å². The van der Waals surface area contributed by atoms with E-state index in [1.807, 2.05) is 24.3 Å². The van der Waals surface area contributed by atoms with Crippen molar-refractivity contribution in [1.82, 2.24) is 9.21 Å². The van der Waals surface area contributed by atoms with Crippen molar-refractivity contribution in [3.05, 3.63) is 34.3 Å². The summed E-state index contributed by atoms with van der Waals surface area (Å²) in [6, 6.07) is 7.31. The van der Waals surface area contributed by atoms with Crippen LogP contribution in [0.25, 0.3) is 0 Å². The number of rotatable bonds is 3. The molecule has 9 heteroatoms. The van der Waals surface area contributed by atoms with E-state index in [2.05, 4.69) is 15.9 Å². The van der Waals surface area contributed by atoms with Crippen LogP contribution in [-0.4, -0.2) is 56.0 Å². The topological polar surface area (TPSA) is 83.7 Å². The van der Waals surface area contributed by atoms with E-state index in [0.717, 1.165) is 10.0 Å². The van der Waals surface area contributed by atoms with E-state index in [4.69, 9.17) is 5.73 Å². The SMILES string of the molecule is CC(N)(C(=O)N1CCN(S(C)(=O)=O)CC1)c1ccc(Br)cc1.Cl. The molecule has 1 heterocycles. The Bertz CT molecular complexity index is 656. The van der Waals surface area contributed by atoms with Crippen LogP contribution in [0.2, 0.25) is 0 Å². The van der Waals surface area contributed by atoms with Crippen molar-refractivity contribution in [3.63, 3.8) is 0 Å². The summed E-state index contributed by atoms with van der Waals surface area (Å²) >= 11 is 3.35. The Kier molecular flexibility index (Phi) is 6.63. The molecule has 0 bridgehead atoms. The lowest BCUT2D eigenvalue weighted by Gasteiger charge is -2.37. The van der Waals surface area contributed by atoms with Gasteiger partial charge in [-0.05, 0) is 24.6 Å². The molecule has 0 saturated carbocycles. The first-order valence-electron chi connectivity index (χ1n) is 6.92. The molecule has 0 aliphatic carbocycles. The fourth-order valence-electron chi connectivity index (χ4n) is 2.47. The van der Waals surface area contributed by atoms with Gasteiger partial charge in [-0.3, -0.25) is 4.79 Å². The number of carbonyl (C=O) groups excluding carboxylic acids is 1. The third-order valence-electron chi connectivity index (χ3n) is 3.88. The molecule has 0 radical (unpaired) electrons. The molecule has 130 valence electrons. The Morgan fingerprint density at radius 3 is 2.09 bits per heavy atom. The number of piperazine rings is 1. The van der Waals surface area contributed by atoms with Crippen molar-refractivity contribution < 1.29 is 13.2 Å². The summed E-state index contributed by atoms with van der Waals surface area (Å²) in [5.41, 5.74) is 5.84. The molecule has 2 rings (SSSR count). The van der Waals surface area contributed by atoms with Crippen LogP contribution in [0.3, 0.4) is 0 Å². The van der Waals surface area contributed by atoms with Gasteiger partial charge in [0.2, 0.25) is 15.9 Å². The zero-order chi connectivity index (χ0) is 16.5. The van der Waals surface area contributed by atoms with E-state index in [0.29, 0.717) is 26.2 Å². The monoisotopic (exact) mass is 425 g/mol. The minimum absolute atomic E-state index is 0. The Balaban J connectivity index is 0.00000264. The lowest BCUT2D eigenvalue weighted by Crippen LogP contribution is -2.57. The highest BCUT2D eigenvalue weighted by Crippen LogP contribution is 2.23. The predicted octanol–water partition coefficient (Wildman–Crippen LogP) is 1.15. The van der Waals surface area contributed by atoms with Gasteiger partial charge in [0, 0.05) is 30.7 Å². The smallest absolute Gasteiger partial charge is 0.247 e. The maximum Gasteiger partial charge on any atom is 0.247 e. The molecule has 1 atom stereocenters. The number of carbonyl (C=O) groups is 1. The van der Waals surface area contributed by atoms with Crippen LogP contribution in [0.4, 0.5) is 0 Å². The number of nitrogens with two attached hydrogens (primary N) is 1. The number of sulfonamides is 1. The highest BCUT2D eigenvalue weighted by Gasteiger charge is 2.36. The highest BCUT2D eigenvalue weighted by atomic mass is 79.9. The quantitative estimate of drug-likeness (QED) is 0.786. The first-order valence-corrected chi connectivity index (χ1v) is 9.56. The van der Waals surface area contributed by atoms with Gasteiger partial charge in [-0.1, -0.05) is 28.1 Å². The summed E-state index contributed by atoms with van der Waals surface area (Å²) in [5, 5.41) is 0. The van der Waals surface area contributed by atoms with Crippen LogP contribution in [0.5, 0.6) is 0 Å². The van der Waals surface area contributed by atoms with E-state index >= 15 is 0 Å². The van der Waals surface area contributed by atoms with Crippen LogP contribution >= 0.6 is 28.3 Å². The van der Waals surface area contributed by atoms with Gasteiger partial charge in [-0.2, -0.15) is 4.31 Å². The molecule has 1 amide bonds. The Labute approximate surface area is 151 Å². The van der Waals surface area contributed by atoms with Crippen molar-refractivity contribution in [2.24, 2.45) is 5.73 Å². The number of hydrogen-bond acceptors (Lipinski definition) is 4. The van der Waals surface area contributed by atoms with Gasteiger partial charge in [0.25, 0.3) is 0 Å². The fourth-order valence-corrected chi connectivity index (χ4v) is 3.56. The summed E-state index contributed by atoms with van der Waals surface area (Å²) in [4.78, 5) is 14.3. The van der Waals surface area contributed by atoms with Gasteiger partial charge in [-0.15, -0.1) is 12.4 Å². The van der Waals surface area contributed by atoms with Gasteiger partial charge >= 0.3 is 0 Å². The average Bonchev–Trinajstić information content (AvgIpc) is 2.46. The largest absolute Gasteiger partial charge is 0.338 e. The second-order valence-corrected chi connectivity index (χ2v) is 8.56. The number of hydrogen-bond donors (Lipinski definition) is 1. The molecule has 2 N–H and O–H groups in total. The minimum atomic E-state index is -3.21. The number of amides is 1. The third kappa shape index (κ3) is 4.67. The van der Waals surface area contributed by atoms with Crippen molar-refractivity contribution in [3.8, 4) is 0 Å². The summed E-state index contributed by atoms with van der Waals surface area (Å²) in [7, 11) is -3.21. The van der Waals surface area contributed by atoms with Gasteiger partial charge in [0.1, 0.15) is 5.54 Å². The molecule has 1 aliphatic heterocycles. The number of nitrogens with zero attached hydrogens (tertiary/aromatic N) is 2. The average molecular weight is 427 g/mol. The lowest BCUT2D eigenvalue weighted by molar-refractivity contribution is -0.138. The van der Waals surface area contributed by atoms with E-state index in [9.17, 15) is 13.2 Å². The zero-order valence-electron chi connectivity index (χ0n) is 13.0. The molecule has 1 unspecified atom stereocenters. The second kappa shape index (κ2) is 7.48. The third-order valence-corrected chi connectivity index (χ3v) is 5.71. The summed E-state index contributed by atoms with van der Waals surface area (Å²) in [6.45, 7) is 3.01. The van der Waals surface area contributed by atoms with Gasteiger partial charge < -0.3 is 10.6 Å². The van der Waals surface area contributed by atoms with E-state index < -0.39 is 15.6 Å². The van der Waals surface area contributed by atoms with Gasteiger partial charge in [0.05, 0.1) is 6.26 Å². The van der Waals surface area contributed by atoms with Crippen molar-refractivity contribution >= 4 is 44.3 Å². The Morgan fingerprint density at radius 1 is 1.17 bits per heavy atom. The first-order chi connectivity index (χ1) is 10.1. The lowest BCUT2D eigenvalue weighted by atomic mass is 9.91.